The fourth-order valence-corrected chi connectivity index (χ4v) is 4.99. The summed E-state index contributed by atoms with van der Waals surface area (Å²) in [6.07, 6.45) is 31.7. The highest BCUT2D eigenvalue weighted by Gasteiger charge is 2.22. The van der Waals surface area contributed by atoms with E-state index in [1.54, 1.807) is 12.2 Å². The van der Waals surface area contributed by atoms with Gasteiger partial charge in [0.2, 0.25) is 0 Å². The van der Waals surface area contributed by atoms with E-state index in [9.17, 15) is 19.3 Å². The maximum Gasteiger partial charge on any atom is 0.469 e. The molecule has 9 nitrogen and oxygen atoms in total. The summed E-state index contributed by atoms with van der Waals surface area (Å²) < 4.78 is 26.1. The van der Waals surface area contributed by atoms with Gasteiger partial charge in [0.05, 0.1) is 12.7 Å². The Kier molecular flexibility index (Phi) is 29.9. The van der Waals surface area contributed by atoms with E-state index in [2.05, 4.69) is 43.5 Å². The predicted octanol–water partition coefficient (Wildman–Crippen LogP) is 9.22. The van der Waals surface area contributed by atoms with Gasteiger partial charge in [0, 0.05) is 12.8 Å². The summed E-state index contributed by atoms with van der Waals surface area (Å²) in [5, 5.41) is 10.1. The lowest BCUT2D eigenvalue weighted by Gasteiger charge is -2.18. The second-order valence-electron chi connectivity index (χ2n) is 12.5. The van der Waals surface area contributed by atoms with Crippen LogP contribution in [0.1, 0.15) is 143 Å². The van der Waals surface area contributed by atoms with Crippen LogP contribution in [-0.4, -0.2) is 52.3 Å². The summed E-state index contributed by atoms with van der Waals surface area (Å²) >= 11 is 0. The van der Waals surface area contributed by atoms with Crippen LogP contribution in [0.5, 0.6) is 0 Å². The summed E-state index contributed by atoms with van der Waals surface area (Å²) in [7, 11) is -4.78. The van der Waals surface area contributed by atoms with Crippen LogP contribution in [0, 0.1) is 5.92 Å². The number of carbonyl (C=O) groups excluding carboxylic acids is 2. The van der Waals surface area contributed by atoms with Crippen LogP contribution >= 0.6 is 7.82 Å². The van der Waals surface area contributed by atoms with E-state index in [1.807, 2.05) is 18.2 Å². The zero-order valence-corrected chi connectivity index (χ0v) is 30.3. The van der Waals surface area contributed by atoms with Crippen molar-refractivity contribution in [2.45, 2.75) is 155 Å². The van der Waals surface area contributed by atoms with Gasteiger partial charge in [0.1, 0.15) is 6.61 Å². The van der Waals surface area contributed by atoms with E-state index in [0.29, 0.717) is 25.7 Å². The third kappa shape index (κ3) is 35.1. The van der Waals surface area contributed by atoms with Crippen LogP contribution in [0.15, 0.2) is 48.6 Å². The molecule has 1 unspecified atom stereocenters. The number of phosphoric acid groups is 1. The summed E-state index contributed by atoms with van der Waals surface area (Å²) in [5.74, 6) is -0.257. The molecule has 0 aromatic heterocycles. The van der Waals surface area contributed by atoms with Crippen molar-refractivity contribution >= 4 is 19.8 Å². The Bertz CT molecular complexity index is 936. The monoisotopic (exact) mass is 684 g/mol. The van der Waals surface area contributed by atoms with Gasteiger partial charge in [0.15, 0.2) is 6.10 Å². The Labute approximate surface area is 285 Å². The van der Waals surface area contributed by atoms with Crippen LogP contribution in [0.25, 0.3) is 0 Å². The normalized spacial score (nSPS) is 13.9. The molecular weight excluding hydrogens is 619 g/mol. The van der Waals surface area contributed by atoms with Crippen molar-refractivity contribution in [2.75, 3.05) is 13.2 Å². The van der Waals surface area contributed by atoms with Crippen LogP contribution in [0.4, 0.5) is 0 Å². The third-order valence-electron chi connectivity index (χ3n) is 7.36. The lowest BCUT2D eigenvalue weighted by Crippen LogP contribution is -2.29. The first kappa shape index (κ1) is 45.0. The van der Waals surface area contributed by atoms with Crippen molar-refractivity contribution < 1.29 is 43.0 Å². The van der Waals surface area contributed by atoms with Gasteiger partial charge in [-0.2, -0.15) is 0 Å². The van der Waals surface area contributed by atoms with Gasteiger partial charge >= 0.3 is 19.8 Å². The lowest BCUT2D eigenvalue weighted by atomic mass is 10.0. The fourth-order valence-electron chi connectivity index (χ4n) is 4.63. The Morgan fingerprint density at radius 2 is 1.36 bits per heavy atom. The zero-order chi connectivity index (χ0) is 35.0. The number of phosphoric ester groups is 1. The molecule has 0 radical (unpaired) electrons. The number of rotatable bonds is 31. The number of aliphatic hydroxyl groups is 1. The first-order chi connectivity index (χ1) is 22.5. The van der Waals surface area contributed by atoms with Gasteiger partial charge in [-0.25, -0.2) is 4.57 Å². The fraction of sp³-hybridized carbons (Fsp3) is 0.730. The van der Waals surface area contributed by atoms with Gasteiger partial charge in [-0.15, -0.1) is 0 Å². The van der Waals surface area contributed by atoms with E-state index < -0.39 is 38.6 Å². The molecule has 10 heteroatoms. The minimum absolute atomic E-state index is 0.0760. The molecule has 0 heterocycles. The molecule has 0 aromatic carbocycles. The van der Waals surface area contributed by atoms with Gasteiger partial charge in [-0.05, 0) is 50.9 Å². The highest BCUT2D eigenvalue weighted by Crippen LogP contribution is 2.35. The molecule has 0 aliphatic heterocycles. The molecule has 0 fully saturated rings. The molecule has 0 amide bonds. The molecule has 2 atom stereocenters. The second-order valence-corrected chi connectivity index (χ2v) is 13.8. The standard InChI is InChI=1S/C37H65O9P/c1-4-5-6-7-8-9-13-17-22-27-34(38)28-23-18-15-20-25-30-37(40)46-35(32-45-47(41,42)43)31-44-36(39)29-24-19-14-11-10-12-16-21-26-33(2)3/h8-9,15,17-18,22-23,28,33-35,38H,4-7,10-14,16,19-21,24-27,29-32H2,1-3H3,(H2,41,42,43)/b9-8-,18-15+,22-17-,28-23-/t34?,35-/m1/s1. The maximum atomic E-state index is 12.3. The summed E-state index contributed by atoms with van der Waals surface area (Å²) in [6, 6.07) is 0. The highest BCUT2D eigenvalue weighted by atomic mass is 31.2. The average Bonchev–Trinajstić information content (AvgIpc) is 3.01. The van der Waals surface area contributed by atoms with E-state index in [1.165, 1.54) is 51.4 Å². The van der Waals surface area contributed by atoms with Crippen LogP contribution in [0.2, 0.25) is 0 Å². The summed E-state index contributed by atoms with van der Waals surface area (Å²) in [6.45, 7) is 5.78. The Morgan fingerprint density at radius 1 is 0.723 bits per heavy atom. The molecule has 0 aliphatic carbocycles. The van der Waals surface area contributed by atoms with Gasteiger partial charge < -0.3 is 24.4 Å². The molecule has 0 saturated heterocycles. The van der Waals surface area contributed by atoms with E-state index >= 15 is 0 Å². The molecule has 0 saturated carbocycles. The minimum Gasteiger partial charge on any atom is -0.462 e. The Balaban J connectivity index is 4.22. The van der Waals surface area contributed by atoms with Crippen LogP contribution < -0.4 is 0 Å². The number of ether oxygens (including phenoxy) is 2. The Hall–Kier alpha value is -2.03. The number of carbonyl (C=O) groups is 2. The van der Waals surface area contributed by atoms with Gasteiger partial charge in [0.25, 0.3) is 0 Å². The minimum atomic E-state index is -4.78. The van der Waals surface area contributed by atoms with Crippen molar-refractivity contribution in [1.29, 1.82) is 0 Å². The molecular formula is C37H65O9P. The van der Waals surface area contributed by atoms with E-state index in [-0.39, 0.29) is 19.4 Å². The second kappa shape index (κ2) is 31.3. The molecule has 0 spiro atoms. The number of allylic oxidation sites excluding steroid dienone is 6. The molecule has 47 heavy (non-hydrogen) atoms. The number of esters is 2. The number of unbranched alkanes of at least 4 members (excludes halogenated alkanes) is 11. The third-order valence-corrected chi connectivity index (χ3v) is 7.84. The number of hydrogen-bond donors (Lipinski definition) is 3. The summed E-state index contributed by atoms with van der Waals surface area (Å²) in [4.78, 5) is 42.6. The molecule has 3 N–H and O–H groups in total. The van der Waals surface area contributed by atoms with Crippen molar-refractivity contribution in [2.24, 2.45) is 5.92 Å². The van der Waals surface area contributed by atoms with Gasteiger partial charge in [-0.3, -0.25) is 14.1 Å². The smallest absolute Gasteiger partial charge is 0.462 e. The summed E-state index contributed by atoms with van der Waals surface area (Å²) in [5.41, 5.74) is 0. The van der Waals surface area contributed by atoms with Crippen molar-refractivity contribution in [3.63, 3.8) is 0 Å². The van der Waals surface area contributed by atoms with Crippen molar-refractivity contribution in [1.82, 2.24) is 0 Å². The number of hydrogen-bond acceptors (Lipinski definition) is 7. The van der Waals surface area contributed by atoms with Gasteiger partial charge in [-0.1, -0.05) is 134 Å². The first-order valence-electron chi connectivity index (χ1n) is 17.9. The Morgan fingerprint density at radius 3 is 2.04 bits per heavy atom. The van der Waals surface area contributed by atoms with Crippen LogP contribution in [-0.2, 0) is 28.2 Å². The van der Waals surface area contributed by atoms with Crippen molar-refractivity contribution in [3.8, 4) is 0 Å². The lowest BCUT2D eigenvalue weighted by molar-refractivity contribution is -0.161. The van der Waals surface area contributed by atoms with Crippen LogP contribution in [0.3, 0.4) is 0 Å². The molecule has 0 aromatic rings. The van der Waals surface area contributed by atoms with E-state index in [4.69, 9.17) is 19.3 Å². The predicted molar refractivity (Wildman–Crippen MR) is 190 cm³/mol. The largest absolute Gasteiger partial charge is 0.469 e. The molecule has 272 valence electrons. The topological polar surface area (TPSA) is 140 Å². The number of aliphatic hydroxyl groups excluding tert-OH is 1. The molecule has 0 aliphatic rings. The SMILES string of the molecule is CCCCC/C=C\C/C=C\CC(O)/C=C\C=C\CCCC(=O)O[C@H](COC(=O)CCCCCCCCCCC(C)C)COP(=O)(O)O. The maximum absolute atomic E-state index is 12.3. The first-order valence-corrected chi connectivity index (χ1v) is 19.4. The van der Waals surface area contributed by atoms with E-state index in [0.717, 1.165) is 38.0 Å². The highest BCUT2D eigenvalue weighted by molar-refractivity contribution is 7.46. The molecule has 0 rings (SSSR count). The average molecular weight is 685 g/mol. The van der Waals surface area contributed by atoms with Crippen molar-refractivity contribution in [3.05, 3.63) is 48.6 Å². The zero-order valence-electron chi connectivity index (χ0n) is 29.4. The molecule has 0 bridgehead atoms. The quantitative estimate of drug-likeness (QED) is 0.0214.